The molecule has 10 heavy (non-hydrogen) atoms. The van der Waals surface area contributed by atoms with E-state index in [0.29, 0.717) is 0 Å². The van der Waals surface area contributed by atoms with Gasteiger partial charge in [0.05, 0.1) is 0 Å². The van der Waals surface area contributed by atoms with E-state index < -0.39 is 0 Å². The predicted octanol–water partition coefficient (Wildman–Crippen LogP) is 1.94. The molecule has 0 bridgehead atoms. The van der Waals surface area contributed by atoms with Gasteiger partial charge >= 0.3 is 37.7 Å². The molecular weight excluding hydrogens is 110 g/mol. The first kappa shape index (κ1) is 22.5. The maximum absolute atomic E-state index is 2.12. The third-order valence-electron chi connectivity index (χ3n) is 0.816. The van der Waals surface area contributed by atoms with Crippen LogP contribution in [0, 0.1) is 12.8 Å². The number of rotatable bonds is 2. The number of hydrogen-bond acceptors (Lipinski definition) is 0. The van der Waals surface area contributed by atoms with Crippen molar-refractivity contribution in [3.63, 3.8) is 0 Å². The summed E-state index contributed by atoms with van der Waals surface area (Å²) in [7, 11) is 0. The van der Waals surface area contributed by atoms with Crippen LogP contribution in [0.15, 0.2) is 0 Å². The summed E-state index contributed by atoms with van der Waals surface area (Å²) < 4.78 is 0. The van der Waals surface area contributed by atoms with Gasteiger partial charge in [-0.25, -0.2) is 0 Å². The molecule has 0 heterocycles. The molecule has 0 aromatic carbocycles. The third kappa shape index (κ3) is 60.5. The third-order valence-corrected chi connectivity index (χ3v) is 0.816. The summed E-state index contributed by atoms with van der Waals surface area (Å²) in [5, 5.41) is 0. The second-order valence-electron chi connectivity index (χ2n) is 1.63. The minimum absolute atomic E-state index is 0. The number of hydrogen-bond donors (Lipinski definition) is 0. The van der Waals surface area contributed by atoms with Gasteiger partial charge in [0.2, 0.25) is 0 Å². The fourth-order valence-corrected chi connectivity index (χ4v) is 0. The minimum atomic E-state index is 0. The van der Waals surface area contributed by atoms with Gasteiger partial charge < -0.3 is 0 Å². The first-order chi connectivity index (χ1) is 3.83. The Bertz CT molecular complexity index is 15.2. The van der Waals surface area contributed by atoms with Crippen LogP contribution in [0.2, 0.25) is 0 Å². The summed E-state index contributed by atoms with van der Waals surface area (Å²) in [5.74, 6) is 0. The van der Waals surface area contributed by atoms with Crippen LogP contribution in [0.4, 0.5) is 0 Å². The Morgan fingerprint density at radius 2 is 0.900 bits per heavy atom. The van der Waals surface area contributed by atoms with E-state index in [-0.39, 0.29) is 37.7 Å². The standard InChI is InChI=1S/2C4H9.2Li.2H/c2*1-3-4-2;;;;/h2*3H,4H2,1-2H3;;;;. The van der Waals surface area contributed by atoms with E-state index in [4.69, 9.17) is 0 Å². The van der Waals surface area contributed by atoms with Gasteiger partial charge in [-0.2, -0.15) is 0 Å². The van der Waals surface area contributed by atoms with Crippen LogP contribution in [-0.2, 0) is 0 Å². The molecule has 0 aliphatic heterocycles. The monoisotopic (exact) mass is 130 g/mol. The topological polar surface area (TPSA) is 0 Å². The van der Waals surface area contributed by atoms with Gasteiger partial charge in [0.25, 0.3) is 0 Å². The first-order valence-electron chi connectivity index (χ1n) is 3.39. The molecule has 2 radical (unpaired) electrons. The molecule has 0 N–H and O–H groups in total. The first-order valence-corrected chi connectivity index (χ1v) is 3.39. The average Bonchev–Trinajstić information content (AvgIpc) is 1.88. The molecule has 0 nitrogen and oxygen atoms in total. The van der Waals surface area contributed by atoms with Crippen LogP contribution < -0.4 is 0 Å². The van der Waals surface area contributed by atoms with Crippen LogP contribution in [0.25, 0.3) is 0 Å². The van der Waals surface area contributed by atoms with Gasteiger partial charge in [0, 0.05) is 0 Å². The fourth-order valence-electron chi connectivity index (χ4n) is 0. The summed E-state index contributed by atoms with van der Waals surface area (Å²) in [5.41, 5.74) is 0. The molecule has 0 aromatic heterocycles. The van der Waals surface area contributed by atoms with Gasteiger partial charge in [-0.3, -0.25) is 0 Å². The molecule has 0 unspecified atom stereocenters. The molecule has 0 aromatic rings. The van der Waals surface area contributed by atoms with Gasteiger partial charge in [0.15, 0.2) is 0 Å². The van der Waals surface area contributed by atoms with Crippen molar-refractivity contribution >= 4 is 37.7 Å². The van der Waals surface area contributed by atoms with E-state index in [2.05, 4.69) is 40.5 Å². The van der Waals surface area contributed by atoms with Crippen LogP contribution in [0.1, 0.15) is 40.5 Å². The SMILES string of the molecule is C[CH]CC.C[CH]CC.[LiH].[LiH]. The zero-order valence-electron chi connectivity index (χ0n) is 6.57. The molecule has 0 atom stereocenters. The van der Waals surface area contributed by atoms with E-state index in [0.717, 1.165) is 0 Å². The Morgan fingerprint density at radius 3 is 0.900 bits per heavy atom. The summed E-state index contributed by atoms with van der Waals surface area (Å²) >= 11 is 0. The van der Waals surface area contributed by atoms with Crippen molar-refractivity contribution in [3.8, 4) is 0 Å². The van der Waals surface area contributed by atoms with Crippen LogP contribution in [0.3, 0.4) is 0 Å². The Hall–Kier alpha value is 1.19. The summed E-state index contributed by atoms with van der Waals surface area (Å²) in [6.07, 6.45) is 6.64. The second-order valence-corrected chi connectivity index (χ2v) is 1.63. The van der Waals surface area contributed by atoms with Crippen LogP contribution in [0.5, 0.6) is 0 Å². The van der Waals surface area contributed by atoms with Gasteiger partial charge in [0.1, 0.15) is 0 Å². The molecular formula is C8H20Li2. The van der Waals surface area contributed by atoms with Crippen molar-refractivity contribution in [3.05, 3.63) is 12.8 Å². The molecule has 0 saturated carbocycles. The number of unbranched alkanes of at least 4 members (excludes halogenated alkanes) is 2. The molecule has 0 rings (SSSR count). The zero-order chi connectivity index (χ0) is 6.83. The molecule has 0 amide bonds. The van der Waals surface area contributed by atoms with E-state index in [1.807, 2.05) is 0 Å². The van der Waals surface area contributed by atoms with E-state index >= 15 is 0 Å². The van der Waals surface area contributed by atoms with Crippen molar-refractivity contribution in [1.82, 2.24) is 0 Å². The maximum atomic E-state index is 2.12. The second kappa shape index (κ2) is 31.9. The van der Waals surface area contributed by atoms with Crippen molar-refractivity contribution in [2.24, 2.45) is 0 Å². The van der Waals surface area contributed by atoms with Crippen LogP contribution >= 0.6 is 0 Å². The zero-order valence-corrected chi connectivity index (χ0v) is 6.57. The molecule has 0 aliphatic carbocycles. The summed E-state index contributed by atoms with van der Waals surface area (Å²) in [4.78, 5) is 0. The molecule has 54 valence electrons. The summed E-state index contributed by atoms with van der Waals surface area (Å²) in [6.45, 7) is 8.36. The normalized spacial score (nSPS) is 6.00. The Morgan fingerprint density at radius 1 is 0.800 bits per heavy atom. The molecule has 0 saturated heterocycles. The van der Waals surface area contributed by atoms with Gasteiger partial charge in [-0.1, -0.05) is 40.5 Å². The molecule has 0 spiro atoms. The van der Waals surface area contributed by atoms with E-state index in [9.17, 15) is 0 Å². The van der Waals surface area contributed by atoms with E-state index in [1.54, 1.807) is 0 Å². The van der Waals surface area contributed by atoms with Crippen LogP contribution in [-0.4, -0.2) is 37.7 Å². The van der Waals surface area contributed by atoms with Crippen molar-refractivity contribution in [2.45, 2.75) is 40.5 Å². The van der Waals surface area contributed by atoms with Gasteiger partial charge in [-0.05, 0) is 12.8 Å². The Kier molecular flexibility index (Phi) is 71.8. The van der Waals surface area contributed by atoms with E-state index in [1.165, 1.54) is 12.8 Å². The van der Waals surface area contributed by atoms with Crippen molar-refractivity contribution < 1.29 is 0 Å². The Balaban J connectivity index is -0.0000000300. The Labute approximate surface area is 90.9 Å². The average molecular weight is 130 g/mol. The van der Waals surface area contributed by atoms with Crippen molar-refractivity contribution in [2.75, 3.05) is 0 Å². The summed E-state index contributed by atoms with van der Waals surface area (Å²) in [6, 6.07) is 0. The molecule has 2 heteroatoms. The molecule has 0 aliphatic rings. The van der Waals surface area contributed by atoms with Gasteiger partial charge in [-0.15, -0.1) is 0 Å². The fraction of sp³-hybridized carbons (Fsp3) is 0.750. The predicted molar refractivity (Wildman–Crippen MR) is 54.8 cm³/mol. The quantitative estimate of drug-likeness (QED) is 0.501. The molecule has 0 fully saturated rings. The van der Waals surface area contributed by atoms with Crippen molar-refractivity contribution in [1.29, 1.82) is 0 Å².